The lowest BCUT2D eigenvalue weighted by atomic mass is 9.88. The Bertz CT molecular complexity index is 905. The van der Waals surface area contributed by atoms with Crippen LogP contribution in [0.15, 0.2) is 31.9 Å². The van der Waals surface area contributed by atoms with Crippen LogP contribution in [0.4, 0.5) is 0 Å². The first-order valence-corrected chi connectivity index (χ1v) is 7.61. The van der Waals surface area contributed by atoms with E-state index in [0.717, 1.165) is 18.4 Å². The van der Waals surface area contributed by atoms with E-state index in [-0.39, 0.29) is 11.5 Å². The van der Waals surface area contributed by atoms with Gasteiger partial charge >= 0.3 is 5.76 Å². The van der Waals surface area contributed by atoms with E-state index in [4.69, 9.17) is 13.7 Å². The smallest absolute Gasteiger partial charge is 0.408 e. The molecular weight excluding hydrogens is 298 g/mol. The van der Waals surface area contributed by atoms with Gasteiger partial charge in [-0.15, -0.1) is 0 Å². The van der Waals surface area contributed by atoms with Crippen molar-refractivity contribution < 1.29 is 13.7 Å². The Hall–Kier alpha value is -2.41. The first-order valence-electron chi connectivity index (χ1n) is 7.61. The molecule has 0 bridgehead atoms. The molecule has 1 aliphatic heterocycles. The molecule has 0 amide bonds. The van der Waals surface area contributed by atoms with Gasteiger partial charge in [-0.2, -0.15) is 4.98 Å². The number of H-pyrrole nitrogens is 1. The molecule has 120 valence electrons. The molecule has 0 spiro atoms. The largest absolute Gasteiger partial charge is 0.417 e. The Labute approximate surface area is 131 Å². The summed E-state index contributed by atoms with van der Waals surface area (Å²) >= 11 is 0. The summed E-state index contributed by atoms with van der Waals surface area (Å²) in [5.74, 6) is 0.895. The zero-order valence-electron chi connectivity index (χ0n) is 13.0. The number of rotatable bonds is 2. The molecule has 7 heteroatoms. The molecule has 7 nitrogen and oxygen atoms in total. The molecule has 1 aromatic carbocycles. The highest BCUT2D eigenvalue weighted by atomic mass is 16.5. The maximum Gasteiger partial charge on any atom is 0.417 e. The molecule has 0 saturated carbocycles. The first kappa shape index (κ1) is 14.2. The highest BCUT2D eigenvalue weighted by Gasteiger charge is 2.32. The monoisotopic (exact) mass is 315 g/mol. The van der Waals surface area contributed by atoms with Crippen LogP contribution in [-0.4, -0.2) is 27.3 Å². The quantitative estimate of drug-likeness (QED) is 0.781. The Morgan fingerprint density at radius 1 is 1.35 bits per heavy atom. The van der Waals surface area contributed by atoms with E-state index in [1.165, 1.54) is 0 Å². The van der Waals surface area contributed by atoms with Crippen molar-refractivity contribution in [2.24, 2.45) is 0 Å². The van der Waals surface area contributed by atoms with Crippen molar-refractivity contribution in [1.29, 1.82) is 0 Å². The second-order valence-electron chi connectivity index (χ2n) is 6.48. The number of nitrogens with zero attached hydrogens (tertiary/aromatic N) is 2. The molecular formula is C16H17N3O4. The highest BCUT2D eigenvalue weighted by Crippen LogP contribution is 2.35. The normalized spacial score (nSPS) is 20.9. The Kier molecular flexibility index (Phi) is 3.12. The minimum Gasteiger partial charge on any atom is -0.408 e. The fourth-order valence-electron chi connectivity index (χ4n) is 3.06. The van der Waals surface area contributed by atoms with Gasteiger partial charge < -0.3 is 13.7 Å². The zero-order valence-corrected chi connectivity index (χ0v) is 13.0. The van der Waals surface area contributed by atoms with Crippen LogP contribution < -0.4 is 5.76 Å². The van der Waals surface area contributed by atoms with Gasteiger partial charge in [0.1, 0.15) is 0 Å². The summed E-state index contributed by atoms with van der Waals surface area (Å²) in [6.07, 6.45) is 1.75. The summed E-state index contributed by atoms with van der Waals surface area (Å²) in [4.78, 5) is 18.4. The lowest BCUT2D eigenvalue weighted by Crippen LogP contribution is -2.33. The molecule has 1 unspecified atom stereocenters. The molecule has 4 rings (SSSR count). The summed E-state index contributed by atoms with van der Waals surface area (Å²) in [6, 6.07) is 5.28. The second kappa shape index (κ2) is 5.06. The van der Waals surface area contributed by atoms with Gasteiger partial charge in [-0.05, 0) is 44.9 Å². The van der Waals surface area contributed by atoms with Crippen LogP contribution in [0.1, 0.15) is 38.4 Å². The van der Waals surface area contributed by atoms with Gasteiger partial charge in [-0.1, -0.05) is 5.16 Å². The Balaban J connectivity index is 1.64. The summed E-state index contributed by atoms with van der Waals surface area (Å²) in [6.45, 7) is 4.84. The SMILES string of the molecule is CC1(C)CC(c2noc(-c3ccc4oc(=O)[nH]c4c3)n2)CCO1. The third-order valence-electron chi connectivity index (χ3n) is 4.17. The number of hydrogen-bond acceptors (Lipinski definition) is 6. The standard InChI is InChI=1S/C16H17N3O4/c1-16(2)8-10(5-6-21-16)13-18-14(23-19-13)9-3-4-12-11(7-9)17-15(20)22-12/h3-4,7,10H,5-6,8H2,1-2H3,(H,17,20). The molecule has 0 radical (unpaired) electrons. The van der Waals surface area contributed by atoms with Crippen molar-refractivity contribution in [2.45, 2.75) is 38.2 Å². The second-order valence-corrected chi connectivity index (χ2v) is 6.48. The number of ether oxygens (including phenoxy) is 1. The summed E-state index contributed by atoms with van der Waals surface area (Å²) in [5.41, 5.74) is 1.70. The van der Waals surface area contributed by atoms with E-state index in [1.807, 2.05) is 0 Å². The number of hydrogen-bond donors (Lipinski definition) is 1. The minimum atomic E-state index is -0.479. The van der Waals surface area contributed by atoms with E-state index in [1.54, 1.807) is 18.2 Å². The summed E-state index contributed by atoms with van der Waals surface area (Å²) in [5, 5.41) is 4.13. The third-order valence-corrected chi connectivity index (χ3v) is 4.17. The third kappa shape index (κ3) is 2.68. The van der Waals surface area contributed by atoms with E-state index >= 15 is 0 Å². The molecule has 3 aromatic rings. The van der Waals surface area contributed by atoms with Crippen molar-refractivity contribution in [3.05, 3.63) is 34.6 Å². The average molecular weight is 315 g/mol. The number of nitrogens with one attached hydrogen (secondary N) is 1. The number of fused-ring (bicyclic) bond motifs is 1. The molecule has 1 fully saturated rings. The number of benzene rings is 1. The Morgan fingerprint density at radius 3 is 3.04 bits per heavy atom. The molecule has 0 aliphatic carbocycles. The summed E-state index contributed by atoms with van der Waals surface area (Å²) < 4.78 is 16.1. The fraction of sp³-hybridized carbons (Fsp3) is 0.438. The van der Waals surface area contributed by atoms with Crippen molar-refractivity contribution in [3.8, 4) is 11.5 Å². The van der Waals surface area contributed by atoms with Gasteiger partial charge in [0.05, 0.1) is 11.1 Å². The van der Waals surface area contributed by atoms with Crippen LogP contribution in [0.5, 0.6) is 0 Å². The topological polar surface area (TPSA) is 94.2 Å². The van der Waals surface area contributed by atoms with Gasteiger partial charge in [0, 0.05) is 18.1 Å². The lowest BCUT2D eigenvalue weighted by molar-refractivity contribution is -0.0604. The summed E-state index contributed by atoms with van der Waals surface area (Å²) in [7, 11) is 0. The molecule has 1 saturated heterocycles. The number of oxazole rings is 1. The molecule has 23 heavy (non-hydrogen) atoms. The maximum absolute atomic E-state index is 11.2. The van der Waals surface area contributed by atoms with Crippen molar-refractivity contribution in [1.82, 2.24) is 15.1 Å². The van der Waals surface area contributed by atoms with Crippen LogP contribution in [0, 0.1) is 0 Å². The number of aromatic amines is 1. The highest BCUT2D eigenvalue weighted by molar-refractivity contribution is 5.77. The molecule has 1 N–H and O–H groups in total. The predicted molar refractivity (Wildman–Crippen MR) is 82.1 cm³/mol. The van der Waals surface area contributed by atoms with E-state index in [2.05, 4.69) is 29.0 Å². The van der Waals surface area contributed by atoms with Crippen LogP contribution in [-0.2, 0) is 4.74 Å². The lowest BCUT2D eigenvalue weighted by Gasteiger charge is -2.34. The van der Waals surface area contributed by atoms with Gasteiger partial charge in [-0.25, -0.2) is 4.79 Å². The Morgan fingerprint density at radius 2 is 2.22 bits per heavy atom. The van der Waals surface area contributed by atoms with Crippen molar-refractivity contribution >= 4 is 11.1 Å². The van der Waals surface area contributed by atoms with E-state index in [9.17, 15) is 4.79 Å². The molecule has 1 aliphatic rings. The van der Waals surface area contributed by atoms with Crippen LogP contribution in [0.3, 0.4) is 0 Å². The fourth-order valence-corrected chi connectivity index (χ4v) is 3.06. The molecule has 2 aromatic heterocycles. The van der Waals surface area contributed by atoms with Gasteiger partial charge in [0.2, 0.25) is 0 Å². The van der Waals surface area contributed by atoms with Gasteiger partial charge in [-0.3, -0.25) is 4.98 Å². The number of aromatic nitrogens is 3. The predicted octanol–water partition coefficient (Wildman–Crippen LogP) is 2.84. The minimum absolute atomic E-state index is 0.168. The van der Waals surface area contributed by atoms with Crippen molar-refractivity contribution in [2.75, 3.05) is 6.61 Å². The maximum atomic E-state index is 11.2. The zero-order chi connectivity index (χ0) is 16.0. The van der Waals surface area contributed by atoms with E-state index in [0.29, 0.717) is 29.4 Å². The molecule has 1 atom stereocenters. The average Bonchev–Trinajstić information content (AvgIpc) is 3.10. The van der Waals surface area contributed by atoms with Gasteiger partial charge in [0.15, 0.2) is 11.4 Å². The van der Waals surface area contributed by atoms with Crippen LogP contribution in [0.2, 0.25) is 0 Å². The van der Waals surface area contributed by atoms with Crippen LogP contribution in [0.25, 0.3) is 22.6 Å². The van der Waals surface area contributed by atoms with Crippen molar-refractivity contribution in [3.63, 3.8) is 0 Å². The van der Waals surface area contributed by atoms with E-state index < -0.39 is 5.76 Å². The molecule has 3 heterocycles. The first-order chi connectivity index (χ1) is 11.0. The van der Waals surface area contributed by atoms with Gasteiger partial charge in [0.25, 0.3) is 5.89 Å². The van der Waals surface area contributed by atoms with Crippen LogP contribution >= 0.6 is 0 Å².